The molecule has 2 aromatic rings. The van der Waals surface area contributed by atoms with E-state index >= 15 is 0 Å². The van der Waals surface area contributed by atoms with Crippen molar-refractivity contribution in [2.45, 2.75) is 13.0 Å². The smallest absolute Gasteiger partial charge is 0.251 e. The van der Waals surface area contributed by atoms with Crippen molar-refractivity contribution in [1.82, 2.24) is 10.2 Å². The fourth-order valence-corrected chi connectivity index (χ4v) is 2.36. The van der Waals surface area contributed by atoms with E-state index < -0.39 is 17.7 Å². The lowest BCUT2D eigenvalue weighted by molar-refractivity contribution is -0.126. The molecule has 4 nitrogen and oxygen atoms in total. The number of rotatable bonds is 5. The molecular formula is C20H20F2N2O2. The molecule has 0 heterocycles. The van der Waals surface area contributed by atoms with E-state index in [0.717, 1.165) is 17.7 Å². The maximum absolute atomic E-state index is 13.4. The van der Waals surface area contributed by atoms with Crippen LogP contribution in [0.25, 0.3) is 6.08 Å². The Balaban J connectivity index is 2.06. The van der Waals surface area contributed by atoms with Crippen LogP contribution in [0, 0.1) is 11.6 Å². The first-order valence-electron chi connectivity index (χ1n) is 8.05. The predicted octanol–water partition coefficient (Wildman–Crippen LogP) is 3.56. The molecule has 0 aliphatic heterocycles. The van der Waals surface area contributed by atoms with Crippen molar-refractivity contribution in [3.63, 3.8) is 0 Å². The van der Waals surface area contributed by atoms with E-state index in [-0.39, 0.29) is 11.8 Å². The average Bonchev–Trinajstić information content (AvgIpc) is 2.66. The molecule has 1 atom stereocenters. The normalized spacial score (nSPS) is 12.0. The Labute approximate surface area is 151 Å². The molecule has 136 valence electrons. The van der Waals surface area contributed by atoms with Gasteiger partial charge in [-0.05, 0) is 48.4 Å². The minimum absolute atomic E-state index is 0.184. The summed E-state index contributed by atoms with van der Waals surface area (Å²) in [5.41, 5.74) is 1.79. The van der Waals surface area contributed by atoms with Crippen molar-refractivity contribution in [2.24, 2.45) is 0 Å². The van der Waals surface area contributed by atoms with Crippen LogP contribution >= 0.6 is 0 Å². The van der Waals surface area contributed by atoms with Crippen LogP contribution in [0.5, 0.6) is 0 Å². The maximum Gasteiger partial charge on any atom is 0.251 e. The maximum atomic E-state index is 13.4. The fraction of sp³-hybridized carbons (Fsp3) is 0.200. The first-order valence-corrected chi connectivity index (χ1v) is 8.05. The first-order chi connectivity index (χ1) is 12.3. The van der Waals surface area contributed by atoms with E-state index in [1.165, 1.54) is 17.0 Å². The summed E-state index contributed by atoms with van der Waals surface area (Å²) in [5, 5.41) is 2.53. The lowest BCUT2D eigenvalue weighted by atomic mass is 10.1. The highest BCUT2D eigenvalue weighted by atomic mass is 19.2. The highest BCUT2D eigenvalue weighted by Gasteiger charge is 2.17. The molecule has 0 saturated heterocycles. The highest BCUT2D eigenvalue weighted by Crippen LogP contribution is 2.21. The molecule has 0 bridgehead atoms. The van der Waals surface area contributed by atoms with Crippen LogP contribution in [0.3, 0.4) is 0 Å². The Morgan fingerprint density at radius 3 is 2.31 bits per heavy atom. The SMILES string of the molecule is CNC(=O)c1ccc(/C=C/C(=O)N(C)C(C)c2ccc(F)c(F)c2)cc1. The molecule has 2 rings (SSSR count). The molecule has 6 heteroatoms. The Bertz CT molecular complexity index is 832. The highest BCUT2D eigenvalue weighted by molar-refractivity contribution is 5.94. The van der Waals surface area contributed by atoms with Crippen molar-refractivity contribution in [2.75, 3.05) is 14.1 Å². The first kappa shape index (κ1) is 19.3. The summed E-state index contributed by atoms with van der Waals surface area (Å²) in [5.74, 6) is -2.33. The Morgan fingerprint density at radius 2 is 1.73 bits per heavy atom. The van der Waals surface area contributed by atoms with Crippen LogP contribution in [0.2, 0.25) is 0 Å². The number of nitrogens with zero attached hydrogens (tertiary/aromatic N) is 1. The van der Waals surface area contributed by atoms with Gasteiger partial charge in [0.1, 0.15) is 0 Å². The summed E-state index contributed by atoms with van der Waals surface area (Å²) in [4.78, 5) is 25.2. The lowest BCUT2D eigenvalue weighted by Gasteiger charge is -2.24. The standard InChI is InChI=1S/C20H20F2N2O2/c1-13(16-9-10-17(21)18(22)12-16)24(3)19(25)11-6-14-4-7-15(8-5-14)20(26)23-2/h4-13H,1-3H3,(H,23,26)/b11-6+. The van der Waals surface area contributed by atoms with Crippen molar-refractivity contribution >= 4 is 17.9 Å². The molecule has 0 aromatic heterocycles. The molecule has 2 amide bonds. The summed E-state index contributed by atoms with van der Waals surface area (Å²) in [6, 6.07) is 9.95. The third-order valence-corrected chi connectivity index (χ3v) is 4.17. The van der Waals surface area contributed by atoms with Crippen LogP contribution in [-0.2, 0) is 4.79 Å². The predicted molar refractivity (Wildman–Crippen MR) is 96.4 cm³/mol. The lowest BCUT2D eigenvalue weighted by Crippen LogP contribution is -2.28. The third kappa shape index (κ3) is 4.53. The van der Waals surface area contributed by atoms with Gasteiger partial charge in [0.2, 0.25) is 5.91 Å². The number of likely N-dealkylation sites (N-methyl/N-ethyl adjacent to an activating group) is 1. The number of hydrogen-bond donors (Lipinski definition) is 1. The van der Waals surface area contributed by atoms with Crippen LogP contribution < -0.4 is 5.32 Å². The van der Waals surface area contributed by atoms with Gasteiger partial charge in [-0.15, -0.1) is 0 Å². The number of carbonyl (C=O) groups is 2. The van der Waals surface area contributed by atoms with Gasteiger partial charge in [-0.3, -0.25) is 9.59 Å². The van der Waals surface area contributed by atoms with Gasteiger partial charge in [0, 0.05) is 25.7 Å². The fourth-order valence-electron chi connectivity index (χ4n) is 2.36. The minimum atomic E-state index is -0.943. The Hall–Kier alpha value is -3.02. The molecule has 0 aliphatic carbocycles. The van der Waals surface area contributed by atoms with E-state index in [1.807, 2.05) is 0 Å². The van der Waals surface area contributed by atoms with Crippen molar-refractivity contribution in [3.05, 3.63) is 76.9 Å². The molecule has 0 aliphatic rings. The van der Waals surface area contributed by atoms with Crippen molar-refractivity contribution in [3.8, 4) is 0 Å². The van der Waals surface area contributed by atoms with E-state index in [2.05, 4.69) is 5.32 Å². The average molecular weight is 358 g/mol. The van der Waals surface area contributed by atoms with Crippen LogP contribution in [0.1, 0.15) is 34.5 Å². The number of amides is 2. The van der Waals surface area contributed by atoms with Crippen molar-refractivity contribution in [1.29, 1.82) is 0 Å². The number of nitrogens with one attached hydrogen (secondary N) is 1. The molecule has 0 saturated carbocycles. The second kappa shape index (κ2) is 8.38. The number of hydrogen-bond acceptors (Lipinski definition) is 2. The van der Waals surface area contributed by atoms with Gasteiger partial charge in [-0.2, -0.15) is 0 Å². The van der Waals surface area contributed by atoms with Gasteiger partial charge >= 0.3 is 0 Å². The summed E-state index contributed by atoms with van der Waals surface area (Å²) < 4.78 is 26.4. The molecule has 1 unspecified atom stereocenters. The van der Waals surface area contributed by atoms with Gasteiger partial charge in [-0.25, -0.2) is 8.78 Å². The summed E-state index contributed by atoms with van der Waals surface area (Å²) >= 11 is 0. The number of benzene rings is 2. The molecule has 0 spiro atoms. The summed E-state index contributed by atoms with van der Waals surface area (Å²) in [7, 11) is 3.14. The van der Waals surface area contributed by atoms with Gasteiger partial charge in [0.25, 0.3) is 5.91 Å². The summed E-state index contributed by atoms with van der Waals surface area (Å²) in [6.07, 6.45) is 3.02. The van der Waals surface area contributed by atoms with Gasteiger partial charge in [-0.1, -0.05) is 18.2 Å². The number of halogens is 2. The quantitative estimate of drug-likeness (QED) is 0.831. The number of carbonyl (C=O) groups excluding carboxylic acids is 2. The molecule has 2 aromatic carbocycles. The third-order valence-electron chi connectivity index (χ3n) is 4.17. The van der Waals surface area contributed by atoms with Crippen LogP contribution in [0.4, 0.5) is 8.78 Å². The van der Waals surface area contributed by atoms with E-state index in [1.54, 1.807) is 51.4 Å². The van der Waals surface area contributed by atoms with E-state index in [0.29, 0.717) is 11.1 Å². The van der Waals surface area contributed by atoms with E-state index in [9.17, 15) is 18.4 Å². The molecule has 26 heavy (non-hydrogen) atoms. The zero-order chi connectivity index (χ0) is 19.3. The Morgan fingerprint density at radius 1 is 1.08 bits per heavy atom. The van der Waals surface area contributed by atoms with Gasteiger partial charge < -0.3 is 10.2 Å². The van der Waals surface area contributed by atoms with Crippen LogP contribution in [-0.4, -0.2) is 30.8 Å². The van der Waals surface area contributed by atoms with Gasteiger partial charge in [0.05, 0.1) is 6.04 Å². The molecular weight excluding hydrogens is 338 g/mol. The Kier molecular flexibility index (Phi) is 6.22. The second-order valence-electron chi connectivity index (χ2n) is 5.83. The zero-order valence-corrected chi connectivity index (χ0v) is 14.8. The molecule has 1 N–H and O–H groups in total. The van der Waals surface area contributed by atoms with Crippen molar-refractivity contribution < 1.29 is 18.4 Å². The zero-order valence-electron chi connectivity index (χ0n) is 14.8. The topological polar surface area (TPSA) is 49.4 Å². The monoisotopic (exact) mass is 358 g/mol. The van der Waals surface area contributed by atoms with E-state index in [4.69, 9.17) is 0 Å². The summed E-state index contributed by atoms with van der Waals surface area (Å²) in [6.45, 7) is 1.73. The van der Waals surface area contributed by atoms with Crippen LogP contribution in [0.15, 0.2) is 48.5 Å². The molecule has 0 radical (unpaired) electrons. The second-order valence-corrected chi connectivity index (χ2v) is 5.83. The largest absolute Gasteiger partial charge is 0.355 e. The minimum Gasteiger partial charge on any atom is -0.355 e. The molecule has 0 fully saturated rings. The van der Waals surface area contributed by atoms with Gasteiger partial charge in [0.15, 0.2) is 11.6 Å².